The highest BCUT2D eigenvalue weighted by Gasteiger charge is 2.40. The van der Waals surface area contributed by atoms with Crippen molar-refractivity contribution in [3.8, 4) is 17.2 Å². The summed E-state index contributed by atoms with van der Waals surface area (Å²) in [4.78, 5) is 13.8. The van der Waals surface area contributed by atoms with Crippen molar-refractivity contribution in [1.82, 2.24) is 0 Å². The molecular weight excluding hydrogens is 430 g/mol. The quantitative estimate of drug-likeness (QED) is 0.362. The van der Waals surface area contributed by atoms with Gasteiger partial charge in [-0.2, -0.15) is 0 Å². The molecule has 0 radical (unpaired) electrons. The van der Waals surface area contributed by atoms with Gasteiger partial charge in [-0.3, -0.25) is 4.79 Å². The summed E-state index contributed by atoms with van der Waals surface area (Å²) in [6, 6.07) is 11.2. The van der Waals surface area contributed by atoms with Crippen LogP contribution in [0.5, 0.6) is 17.2 Å². The van der Waals surface area contributed by atoms with Crippen LogP contribution in [0.3, 0.4) is 0 Å². The molecule has 2 rings (SSSR count). The van der Waals surface area contributed by atoms with Crippen LogP contribution in [0.15, 0.2) is 36.4 Å². The minimum atomic E-state index is -0.339. The van der Waals surface area contributed by atoms with Crippen molar-refractivity contribution in [2.45, 2.75) is 65.9 Å². The Bertz CT molecular complexity index is 935. The van der Waals surface area contributed by atoms with Crippen LogP contribution in [0.4, 0.5) is 5.69 Å². The van der Waals surface area contributed by atoms with E-state index in [9.17, 15) is 9.90 Å². The zero-order chi connectivity index (χ0) is 25.3. The van der Waals surface area contributed by atoms with Crippen LogP contribution in [0.2, 0.25) is 0 Å². The van der Waals surface area contributed by atoms with Gasteiger partial charge in [0.1, 0.15) is 0 Å². The van der Waals surface area contributed by atoms with E-state index in [2.05, 4.69) is 33.0 Å². The standard InChI is InChI=1S/C28H41NO5/c1-8-9-10-14-21(22-15-16-23(32-5)26(34-7)25(22)33-6)24(28(2,3)4)27(31)29-20-13-11-12-19(17-20)18-30/h11-13,15-17,21,24,30H,8-10,14,18H2,1-7H3,(H,29,31). The Labute approximate surface area is 204 Å². The highest BCUT2D eigenvalue weighted by Crippen LogP contribution is 2.49. The molecule has 0 aliphatic rings. The molecule has 0 bridgehead atoms. The predicted octanol–water partition coefficient (Wildman–Crippen LogP) is 6.17. The number of carbonyl (C=O) groups excluding carboxylic acids is 1. The first-order chi connectivity index (χ1) is 16.2. The lowest BCUT2D eigenvalue weighted by atomic mass is 9.68. The molecule has 2 atom stereocenters. The molecule has 0 saturated carbocycles. The minimum Gasteiger partial charge on any atom is -0.493 e. The van der Waals surface area contributed by atoms with E-state index in [0.29, 0.717) is 22.9 Å². The van der Waals surface area contributed by atoms with Gasteiger partial charge in [0.2, 0.25) is 11.7 Å². The second-order valence-electron chi connectivity index (χ2n) is 9.72. The number of nitrogens with one attached hydrogen (secondary N) is 1. The van der Waals surface area contributed by atoms with E-state index in [-0.39, 0.29) is 29.8 Å². The van der Waals surface area contributed by atoms with Crippen molar-refractivity contribution >= 4 is 11.6 Å². The second kappa shape index (κ2) is 12.7. The van der Waals surface area contributed by atoms with Gasteiger partial charge in [0, 0.05) is 11.3 Å². The maximum absolute atomic E-state index is 13.8. The number of methoxy groups -OCH3 is 3. The lowest BCUT2D eigenvalue weighted by Gasteiger charge is -2.37. The lowest BCUT2D eigenvalue weighted by molar-refractivity contribution is -0.124. The molecule has 34 heavy (non-hydrogen) atoms. The van der Waals surface area contributed by atoms with Gasteiger partial charge in [-0.1, -0.05) is 65.2 Å². The molecule has 2 N–H and O–H groups in total. The molecule has 0 saturated heterocycles. The molecule has 0 aromatic heterocycles. The van der Waals surface area contributed by atoms with Crippen molar-refractivity contribution in [2.75, 3.05) is 26.6 Å². The molecule has 0 heterocycles. The molecule has 0 fully saturated rings. The first-order valence-corrected chi connectivity index (χ1v) is 12.0. The maximum atomic E-state index is 13.8. The SMILES string of the molecule is CCCCCC(c1ccc(OC)c(OC)c1OC)C(C(=O)Nc1cccc(CO)c1)C(C)(C)C. The molecule has 2 aromatic rings. The first kappa shape index (κ1) is 27.5. The summed E-state index contributed by atoms with van der Waals surface area (Å²) in [5, 5.41) is 12.6. The van der Waals surface area contributed by atoms with Gasteiger partial charge < -0.3 is 24.6 Å². The molecule has 6 nitrogen and oxygen atoms in total. The van der Waals surface area contributed by atoms with Crippen LogP contribution in [-0.2, 0) is 11.4 Å². The topological polar surface area (TPSA) is 77.0 Å². The predicted molar refractivity (Wildman–Crippen MR) is 137 cm³/mol. The zero-order valence-corrected chi connectivity index (χ0v) is 21.7. The molecule has 0 spiro atoms. The highest BCUT2D eigenvalue weighted by atomic mass is 16.5. The normalized spacial score (nSPS) is 13.2. The Kier molecular flexibility index (Phi) is 10.2. The fourth-order valence-electron chi connectivity index (χ4n) is 4.68. The third kappa shape index (κ3) is 6.66. The Hall–Kier alpha value is -2.73. The van der Waals surface area contributed by atoms with Gasteiger partial charge in [0.25, 0.3) is 0 Å². The van der Waals surface area contributed by atoms with Crippen LogP contribution < -0.4 is 19.5 Å². The fourth-order valence-corrected chi connectivity index (χ4v) is 4.68. The molecule has 188 valence electrons. The first-order valence-electron chi connectivity index (χ1n) is 12.0. The van der Waals surface area contributed by atoms with Crippen molar-refractivity contribution in [2.24, 2.45) is 11.3 Å². The molecule has 1 amide bonds. The fraction of sp³-hybridized carbons (Fsp3) is 0.536. The number of hydrogen-bond acceptors (Lipinski definition) is 5. The number of carbonyl (C=O) groups is 1. The Morgan fingerprint density at radius 3 is 2.26 bits per heavy atom. The number of amides is 1. The largest absolute Gasteiger partial charge is 0.493 e. The maximum Gasteiger partial charge on any atom is 0.228 e. The van der Waals surface area contributed by atoms with Crippen molar-refractivity contribution in [3.63, 3.8) is 0 Å². The van der Waals surface area contributed by atoms with Gasteiger partial charge in [-0.05, 0) is 41.5 Å². The minimum absolute atomic E-state index is 0.0547. The Balaban J connectivity index is 2.58. The van der Waals surface area contributed by atoms with Gasteiger partial charge in [-0.25, -0.2) is 0 Å². The molecule has 0 aliphatic heterocycles. The third-order valence-electron chi connectivity index (χ3n) is 6.25. The van der Waals surface area contributed by atoms with Crippen molar-refractivity contribution in [3.05, 3.63) is 47.5 Å². The monoisotopic (exact) mass is 471 g/mol. The summed E-state index contributed by atoms with van der Waals surface area (Å²) in [5.41, 5.74) is 2.05. The van der Waals surface area contributed by atoms with E-state index in [1.54, 1.807) is 27.4 Å². The summed E-state index contributed by atoms with van der Waals surface area (Å²) in [5.74, 6) is 1.24. The van der Waals surface area contributed by atoms with Crippen LogP contribution in [-0.4, -0.2) is 32.3 Å². The third-order valence-corrected chi connectivity index (χ3v) is 6.25. The van der Waals surface area contributed by atoms with Gasteiger partial charge in [0.15, 0.2) is 11.5 Å². The summed E-state index contributed by atoms with van der Waals surface area (Å²) in [6.07, 6.45) is 4.02. The second-order valence-corrected chi connectivity index (χ2v) is 9.72. The molecule has 6 heteroatoms. The summed E-state index contributed by atoms with van der Waals surface area (Å²) >= 11 is 0. The van der Waals surface area contributed by atoms with Crippen molar-refractivity contribution < 1.29 is 24.1 Å². The molecule has 2 aromatic carbocycles. The van der Waals surface area contributed by atoms with E-state index in [1.165, 1.54) is 0 Å². The molecule has 2 unspecified atom stereocenters. The number of rotatable bonds is 12. The van der Waals surface area contributed by atoms with E-state index < -0.39 is 0 Å². The van der Waals surface area contributed by atoms with Crippen molar-refractivity contribution in [1.29, 1.82) is 0 Å². The van der Waals surface area contributed by atoms with E-state index in [4.69, 9.17) is 14.2 Å². The average molecular weight is 472 g/mol. The number of anilines is 1. The summed E-state index contributed by atoms with van der Waals surface area (Å²) < 4.78 is 17.0. The van der Waals surface area contributed by atoms with Gasteiger partial charge >= 0.3 is 0 Å². The number of benzene rings is 2. The van der Waals surface area contributed by atoms with Gasteiger partial charge in [-0.15, -0.1) is 0 Å². The lowest BCUT2D eigenvalue weighted by Crippen LogP contribution is -2.38. The molecular formula is C28H41NO5. The summed E-state index contributed by atoms with van der Waals surface area (Å²) in [6.45, 7) is 8.40. The average Bonchev–Trinajstić information content (AvgIpc) is 2.81. The van der Waals surface area contributed by atoms with E-state index in [1.807, 2.05) is 30.3 Å². The summed E-state index contributed by atoms with van der Waals surface area (Å²) in [7, 11) is 4.82. The smallest absolute Gasteiger partial charge is 0.228 e. The number of hydrogen-bond donors (Lipinski definition) is 2. The van der Waals surface area contributed by atoms with Crippen LogP contribution in [0, 0.1) is 11.3 Å². The van der Waals surface area contributed by atoms with Gasteiger partial charge in [0.05, 0.1) is 33.9 Å². The highest BCUT2D eigenvalue weighted by molar-refractivity contribution is 5.94. The Morgan fingerprint density at radius 2 is 1.71 bits per heavy atom. The van der Waals surface area contributed by atoms with E-state index >= 15 is 0 Å². The molecule has 0 aliphatic carbocycles. The number of aliphatic hydroxyl groups is 1. The number of aliphatic hydroxyl groups excluding tert-OH is 1. The number of unbranched alkanes of at least 4 members (excludes halogenated alkanes) is 2. The zero-order valence-electron chi connectivity index (χ0n) is 21.7. The van der Waals surface area contributed by atoms with Crippen LogP contribution in [0.1, 0.15) is 70.4 Å². The van der Waals surface area contributed by atoms with Crippen LogP contribution >= 0.6 is 0 Å². The van der Waals surface area contributed by atoms with E-state index in [0.717, 1.165) is 36.8 Å². The Morgan fingerprint density at radius 1 is 1.00 bits per heavy atom. The number of ether oxygens (including phenoxy) is 3. The van der Waals surface area contributed by atoms with Crippen LogP contribution in [0.25, 0.3) is 0 Å².